The van der Waals surface area contributed by atoms with Crippen LogP contribution in [0.5, 0.6) is 0 Å². The second-order valence-electron chi connectivity index (χ2n) is 3.69. The SMILES string of the molecule is O=C(O)c1ccc(Cl)c(NC(=O)c2cc(Br)sc2Br)c1. The lowest BCUT2D eigenvalue weighted by molar-refractivity contribution is 0.0696. The summed E-state index contributed by atoms with van der Waals surface area (Å²) in [5.41, 5.74) is 0.750. The summed E-state index contributed by atoms with van der Waals surface area (Å²) in [6.07, 6.45) is 0. The fraction of sp³-hybridized carbons (Fsp3) is 0. The largest absolute Gasteiger partial charge is 0.478 e. The number of carboxylic acid groups (broad SMARTS) is 1. The van der Waals surface area contributed by atoms with Gasteiger partial charge in [0, 0.05) is 0 Å². The maximum absolute atomic E-state index is 12.1. The van der Waals surface area contributed by atoms with E-state index in [2.05, 4.69) is 37.2 Å². The zero-order valence-electron chi connectivity index (χ0n) is 9.62. The Morgan fingerprint density at radius 2 is 1.95 bits per heavy atom. The van der Waals surface area contributed by atoms with Crippen LogP contribution in [0.25, 0.3) is 0 Å². The van der Waals surface area contributed by atoms with Crippen molar-refractivity contribution in [3.63, 3.8) is 0 Å². The smallest absolute Gasteiger partial charge is 0.335 e. The highest BCUT2D eigenvalue weighted by Crippen LogP contribution is 2.33. The van der Waals surface area contributed by atoms with Crippen LogP contribution in [0.1, 0.15) is 20.7 Å². The van der Waals surface area contributed by atoms with E-state index in [0.717, 1.165) is 3.79 Å². The van der Waals surface area contributed by atoms with Crippen molar-refractivity contribution < 1.29 is 14.7 Å². The number of carbonyl (C=O) groups excluding carboxylic acids is 1. The fourth-order valence-corrected chi connectivity index (χ4v) is 4.40. The van der Waals surface area contributed by atoms with Gasteiger partial charge in [0.15, 0.2) is 0 Å². The summed E-state index contributed by atoms with van der Waals surface area (Å²) < 4.78 is 1.48. The summed E-state index contributed by atoms with van der Waals surface area (Å²) in [6, 6.07) is 5.79. The van der Waals surface area contributed by atoms with Crippen LogP contribution < -0.4 is 5.32 Å². The second kappa shape index (κ2) is 6.26. The van der Waals surface area contributed by atoms with E-state index in [1.54, 1.807) is 6.07 Å². The van der Waals surface area contributed by atoms with Crippen molar-refractivity contribution >= 4 is 72.4 Å². The van der Waals surface area contributed by atoms with Gasteiger partial charge in [0.25, 0.3) is 5.91 Å². The highest BCUT2D eigenvalue weighted by Gasteiger charge is 2.16. The van der Waals surface area contributed by atoms with Gasteiger partial charge in [-0.1, -0.05) is 11.6 Å². The average Bonchev–Trinajstić information content (AvgIpc) is 2.71. The highest BCUT2D eigenvalue weighted by molar-refractivity contribution is 9.12. The van der Waals surface area contributed by atoms with Crippen LogP contribution in [-0.4, -0.2) is 17.0 Å². The maximum atomic E-state index is 12.1. The lowest BCUT2D eigenvalue weighted by Gasteiger charge is -2.07. The molecule has 0 saturated heterocycles. The molecule has 20 heavy (non-hydrogen) atoms. The number of aromatic carboxylic acids is 1. The van der Waals surface area contributed by atoms with E-state index < -0.39 is 5.97 Å². The molecule has 2 aromatic rings. The van der Waals surface area contributed by atoms with Gasteiger partial charge in [0.2, 0.25) is 0 Å². The van der Waals surface area contributed by atoms with Gasteiger partial charge in [-0.15, -0.1) is 11.3 Å². The van der Waals surface area contributed by atoms with Crippen LogP contribution in [0.3, 0.4) is 0 Å². The Hall–Kier alpha value is -0.890. The van der Waals surface area contributed by atoms with Crippen molar-refractivity contribution in [3.8, 4) is 0 Å². The molecule has 104 valence electrons. The topological polar surface area (TPSA) is 66.4 Å². The molecule has 8 heteroatoms. The Bertz CT molecular complexity index is 702. The number of rotatable bonds is 3. The van der Waals surface area contributed by atoms with Crippen molar-refractivity contribution in [3.05, 3.63) is 48.0 Å². The quantitative estimate of drug-likeness (QED) is 0.717. The summed E-state index contributed by atoms with van der Waals surface area (Å²) in [4.78, 5) is 23.0. The minimum atomic E-state index is -1.09. The number of hydrogen-bond donors (Lipinski definition) is 2. The molecular formula is C12H6Br2ClNO3S. The van der Waals surface area contributed by atoms with E-state index in [1.165, 1.54) is 29.5 Å². The van der Waals surface area contributed by atoms with Crippen LogP contribution in [0.4, 0.5) is 5.69 Å². The Morgan fingerprint density at radius 1 is 1.25 bits per heavy atom. The van der Waals surface area contributed by atoms with Crippen LogP contribution in [-0.2, 0) is 0 Å². The van der Waals surface area contributed by atoms with Gasteiger partial charge < -0.3 is 10.4 Å². The van der Waals surface area contributed by atoms with Gasteiger partial charge in [-0.3, -0.25) is 4.79 Å². The zero-order chi connectivity index (χ0) is 14.9. The van der Waals surface area contributed by atoms with Gasteiger partial charge >= 0.3 is 5.97 Å². The number of amides is 1. The molecular weight excluding hydrogens is 433 g/mol. The molecule has 0 bridgehead atoms. The molecule has 0 aliphatic carbocycles. The summed E-state index contributed by atoms with van der Waals surface area (Å²) >= 11 is 13.9. The molecule has 0 unspecified atom stereocenters. The maximum Gasteiger partial charge on any atom is 0.335 e. The molecule has 1 aromatic carbocycles. The van der Waals surface area contributed by atoms with E-state index in [0.29, 0.717) is 9.35 Å². The van der Waals surface area contributed by atoms with Crippen molar-refractivity contribution in [2.75, 3.05) is 5.32 Å². The van der Waals surface area contributed by atoms with Gasteiger partial charge in [-0.2, -0.15) is 0 Å². The van der Waals surface area contributed by atoms with Crippen molar-refractivity contribution in [2.24, 2.45) is 0 Å². The van der Waals surface area contributed by atoms with Crippen molar-refractivity contribution in [2.45, 2.75) is 0 Å². The molecule has 1 aromatic heterocycles. The number of thiophene rings is 1. The summed E-state index contributed by atoms with van der Waals surface area (Å²) in [5, 5.41) is 11.8. The summed E-state index contributed by atoms with van der Waals surface area (Å²) in [5.74, 6) is -1.46. The summed E-state index contributed by atoms with van der Waals surface area (Å²) in [7, 11) is 0. The molecule has 0 aliphatic heterocycles. The van der Waals surface area contributed by atoms with Crippen LogP contribution in [0, 0.1) is 0 Å². The third-order valence-electron chi connectivity index (χ3n) is 2.36. The Labute approximate surface area is 140 Å². The molecule has 1 heterocycles. The predicted molar refractivity (Wildman–Crippen MR) is 86.1 cm³/mol. The molecule has 4 nitrogen and oxygen atoms in total. The minimum Gasteiger partial charge on any atom is -0.478 e. The van der Waals surface area contributed by atoms with E-state index in [4.69, 9.17) is 16.7 Å². The van der Waals surface area contributed by atoms with E-state index in [-0.39, 0.29) is 22.2 Å². The molecule has 0 spiro atoms. The lowest BCUT2D eigenvalue weighted by atomic mass is 10.2. The summed E-state index contributed by atoms with van der Waals surface area (Å²) in [6.45, 7) is 0. The Balaban J connectivity index is 2.30. The monoisotopic (exact) mass is 437 g/mol. The molecule has 0 saturated carbocycles. The first-order valence-corrected chi connectivity index (χ1v) is 7.95. The lowest BCUT2D eigenvalue weighted by Crippen LogP contribution is -2.12. The number of halogens is 3. The number of hydrogen-bond acceptors (Lipinski definition) is 3. The predicted octanol–water partition coefficient (Wildman–Crippen LogP) is 4.88. The van der Waals surface area contributed by atoms with E-state index in [1.807, 2.05) is 0 Å². The molecule has 1 amide bonds. The van der Waals surface area contributed by atoms with Crippen molar-refractivity contribution in [1.82, 2.24) is 0 Å². The van der Waals surface area contributed by atoms with Gasteiger partial charge in [-0.05, 0) is 56.1 Å². The van der Waals surface area contributed by atoms with E-state index >= 15 is 0 Å². The zero-order valence-corrected chi connectivity index (χ0v) is 14.4. The number of carboxylic acids is 1. The standard InChI is InChI=1S/C12H6Br2ClNO3S/c13-9-4-6(10(14)20-9)11(17)16-8-3-5(12(18)19)1-2-7(8)15/h1-4H,(H,16,17)(H,18,19). The highest BCUT2D eigenvalue weighted by atomic mass is 79.9. The fourth-order valence-electron chi connectivity index (χ4n) is 1.44. The molecule has 2 rings (SSSR count). The third-order valence-corrected chi connectivity index (χ3v) is 5.03. The molecule has 0 aliphatic rings. The second-order valence-corrected chi connectivity index (χ2v) is 7.85. The average molecular weight is 440 g/mol. The van der Waals surface area contributed by atoms with Crippen LogP contribution in [0.15, 0.2) is 31.8 Å². The first kappa shape index (κ1) is 15.5. The molecule has 0 atom stereocenters. The third kappa shape index (κ3) is 3.41. The molecule has 0 fully saturated rings. The normalized spacial score (nSPS) is 10.3. The van der Waals surface area contributed by atoms with Crippen LogP contribution in [0.2, 0.25) is 5.02 Å². The first-order valence-electron chi connectivity index (χ1n) is 5.17. The number of anilines is 1. The van der Waals surface area contributed by atoms with Crippen molar-refractivity contribution in [1.29, 1.82) is 0 Å². The number of benzene rings is 1. The number of carbonyl (C=O) groups is 2. The minimum absolute atomic E-state index is 0.0512. The Kier molecular flexibility index (Phi) is 4.85. The van der Waals surface area contributed by atoms with Gasteiger partial charge in [-0.25, -0.2) is 4.79 Å². The molecule has 0 radical (unpaired) electrons. The molecule has 2 N–H and O–H groups in total. The van der Waals surface area contributed by atoms with Gasteiger partial charge in [0.05, 0.1) is 29.4 Å². The number of nitrogens with one attached hydrogen (secondary N) is 1. The van der Waals surface area contributed by atoms with Crippen LogP contribution >= 0.6 is 54.8 Å². The van der Waals surface area contributed by atoms with Gasteiger partial charge in [0.1, 0.15) is 0 Å². The Morgan fingerprint density at radius 3 is 2.50 bits per heavy atom. The first-order chi connectivity index (χ1) is 9.38. The van der Waals surface area contributed by atoms with E-state index in [9.17, 15) is 9.59 Å².